The predicted molar refractivity (Wildman–Crippen MR) is 73.8 cm³/mol. The average molecular weight is 326 g/mol. The predicted octanol–water partition coefficient (Wildman–Crippen LogP) is 4.14. The minimum atomic E-state index is 0.226. The number of halogens is 2. The van der Waals surface area contributed by atoms with Crippen LogP contribution in [0.4, 0.5) is 0 Å². The second-order valence-corrected chi connectivity index (χ2v) is 5.51. The Kier molecular flexibility index (Phi) is 2.99. The molecule has 0 atom stereocenters. The lowest BCUT2D eigenvalue weighted by Gasteiger charge is -2.07. The van der Waals surface area contributed by atoms with Crippen molar-refractivity contribution < 1.29 is 5.11 Å². The van der Waals surface area contributed by atoms with Crippen molar-refractivity contribution in [3.8, 4) is 17.1 Å². The molecule has 1 aromatic heterocycles. The van der Waals surface area contributed by atoms with E-state index in [0.717, 1.165) is 28.6 Å². The fraction of sp³-hybridized carbons (Fsp3) is 0.231. The van der Waals surface area contributed by atoms with Crippen LogP contribution in [0, 0.1) is 0 Å². The summed E-state index contributed by atoms with van der Waals surface area (Å²) in [7, 11) is 0. The maximum Gasteiger partial charge on any atom is 0.161 e. The molecule has 0 radical (unpaired) electrons. The number of phenols is 1. The van der Waals surface area contributed by atoms with Gasteiger partial charge in [0.15, 0.2) is 5.82 Å². The molecule has 0 aliphatic heterocycles. The van der Waals surface area contributed by atoms with E-state index in [-0.39, 0.29) is 5.75 Å². The van der Waals surface area contributed by atoms with Gasteiger partial charge in [-0.05, 0) is 53.0 Å². The van der Waals surface area contributed by atoms with Crippen LogP contribution in [0.15, 0.2) is 28.7 Å². The smallest absolute Gasteiger partial charge is 0.161 e. The summed E-state index contributed by atoms with van der Waals surface area (Å²) in [5.41, 5.74) is 1.84. The molecule has 0 bridgehead atoms. The van der Waals surface area contributed by atoms with Crippen LogP contribution < -0.4 is 0 Å². The van der Waals surface area contributed by atoms with Gasteiger partial charge in [-0.2, -0.15) is 0 Å². The second kappa shape index (κ2) is 4.52. The maximum atomic E-state index is 9.28. The van der Waals surface area contributed by atoms with Gasteiger partial charge in [0.25, 0.3) is 0 Å². The molecule has 1 N–H and O–H groups in total. The van der Waals surface area contributed by atoms with Crippen molar-refractivity contribution in [2.24, 2.45) is 0 Å². The number of nitrogens with zero attached hydrogens (tertiary/aromatic N) is 2. The zero-order valence-corrected chi connectivity index (χ0v) is 11.7. The highest BCUT2D eigenvalue weighted by Crippen LogP contribution is 2.44. The summed E-state index contributed by atoms with van der Waals surface area (Å²) < 4.78 is 0.800. The molecular formula is C13H10BrClN2O. The minimum Gasteiger partial charge on any atom is -0.508 e. The van der Waals surface area contributed by atoms with Crippen LogP contribution in [0.5, 0.6) is 5.75 Å². The van der Waals surface area contributed by atoms with Gasteiger partial charge in [0, 0.05) is 11.5 Å². The van der Waals surface area contributed by atoms with Crippen LogP contribution in [0.1, 0.15) is 24.5 Å². The van der Waals surface area contributed by atoms with E-state index in [1.165, 1.54) is 0 Å². The number of hydrogen-bond acceptors (Lipinski definition) is 3. The monoisotopic (exact) mass is 324 g/mol. The highest BCUT2D eigenvalue weighted by Gasteiger charge is 2.29. The Morgan fingerprint density at radius 1 is 1.17 bits per heavy atom. The Bertz CT molecular complexity index is 597. The number of rotatable bonds is 2. The fourth-order valence-electron chi connectivity index (χ4n) is 1.80. The number of benzene rings is 1. The molecule has 0 saturated heterocycles. The summed E-state index contributed by atoms with van der Waals surface area (Å²) in [5.74, 6) is 1.32. The molecule has 1 heterocycles. The molecule has 1 aliphatic rings. The lowest BCUT2D eigenvalue weighted by atomic mass is 10.2. The highest BCUT2D eigenvalue weighted by atomic mass is 79.9. The molecule has 0 amide bonds. The number of aromatic hydroxyl groups is 1. The number of phenolic OH excluding ortho intramolecular Hbond substituents is 1. The Hall–Kier alpha value is -1.13. The van der Waals surface area contributed by atoms with Gasteiger partial charge in [0.1, 0.15) is 10.9 Å². The first kappa shape index (κ1) is 11.9. The summed E-state index contributed by atoms with van der Waals surface area (Å²) in [6, 6.07) is 6.80. The maximum absolute atomic E-state index is 9.28. The van der Waals surface area contributed by atoms with Gasteiger partial charge in [0.2, 0.25) is 0 Å². The largest absolute Gasteiger partial charge is 0.508 e. The van der Waals surface area contributed by atoms with E-state index in [4.69, 9.17) is 11.6 Å². The Morgan fingerprint density at radius 2 is 1.83 bits per heavy atom. The molecule has 3 nitrogen and oxygen atoms in total. The van der Waals surface area contributed by atoms with Crippen LogP contribution in [-0.2, 0) is 0 Å². The summed E-state index contributed by atoms with van der Waals surface area (Å²) in [6.07, 6.45) is 2.31. The lowest BCUT2D eigenvalue weighted by molar-refractivity contribution is 0.475. The third-order valence-electron chi connectivity index (χ3n) is 2.93. The molecule has 5 heteroatoms. The van der Waals surface area contributed by atoms with E-state index >= 15 is 0 Å². The fourth-order valence-corrected chi connectivity index (χ4v) is 2.48. The van der Waals surface area contributed by atoms with Crippen molar-refractivity contribution in [3.63, 3.8) is 0 Å². The van der Waals surface area contributed by atoms with Gasteiger partial charge in [0.05, 0.1) is 10.2 Å². The van der Waals surface area contributed by atoms with Gasteiger partial charge >= 0.3 is 0 Å². The summed E-state index contributed by atoms with van der Waals surface area (Å²) in [5, 5.41) is 9.72. The zero-order chi connectivity index (χ0) is 12.7. The van der Waals surface area contributed by atoms with E-state index in [1.807, 2.05) is 0 Å². The van der Waals surface area contributed by atoms with E-state index in [0.29, 0.717) is 16.9 Å². The highest BCUT2D eigenvalue weighted by molar-refractivity contribution is 9.10. The zero-order valence-electron chi connectivity index (χ0n) is 9.40. The summed E-state index contributed by atoms with van der Waals surface area (Å²) in [4.78, 5) is 8.84. The van der Waals surface area contributed by atoms with E-state index in [2.05, 4.69) is 25.9 Å². The first-order valence-electron chi connectivity index (χ1n) is 5.67. The standard InChI is InChI=1S/C13H10BrClN2O/c14-10-11(7-1-2-7)16-13(17-12(10)15)8-3-5-9(18)6-4-8/h3-7,18H,1-2H2. The normalized spacial score (nSPS) is 14.8. The SMILES string of the molecule is Oc1ccc(-c2nc(Cl)c(Br)c(C3CC3)n2)cc1. The molecule has 0 spiro atoms. The van der Waals surface area contributed by atoms with Gasteiger partial charge in [-0.25, -0.2) is 9.97 Å². The molecule has 3 rings (SSSR count). The van der Waals surface area contributed by atoms with Crippen molar-refractivity contribution in [2.75, 3.05) is 0 Å². The molecule has 2 aromatic rings. The molecule has 1 aromatic carbocycles. The molecule has 0 unspecified atom stereocenters. The van der Waals surface area contributed by atoms with Crippen LogP contribution >= 0.6 is 27.5 Å². The number of hydrogen-bond donors (Lipinski definition) is 1. The molecule has 1 aliphatic carbocycles. The minimum absolute atomic E-state index is 0.226. The summed E-state index contributed by atoms with van der Waals surface area (Å²) >= 11 is 9.57. The van der Waals surface area contributed by atoms with Crippen LogP contribution in [0.3, 0.4) is 0 Å². The number of aromatic nitrogens is 2. The Labute approximate surface area is 118 Å². The van der Waals surface area contributed by atoms with Gasteiger partial charge in [-0.1, -0.05) is 11.6 Å². The second-order valence-electron chi connectivity index (χ2n) is 4.36. The van der Waals surface area contributed by atoms with Crippen molar-refractivity contribution >= 4 is 27.5 Å². The van der Waals surface area contributed by atoms with Crippen LogP contribution in [0.2, 0.25) is 5.15 Å². The Morgan fingerprint density at radius 3 is 2.44 bits per heavy atom. The van der Waals surface area contributed by atoms with Crippen molar-refractivity contribution in [1.29, 1.82) is 0 Å². The van der Waals surface area contributed by atoms with Crippen molar-refractivity contribution in [3.05, 3.63) is 39.6 Å². The first-order chi connectivity index (χ1) is 8.65. The Balaban J connectivity index is 2.09. The quantitative estimate of drug-likeness (QED) is 0.844. The van der Waals surface area contributed by atoms with Gasteiger partial charge < -0.3 is 5.11 Å². The third-order valence-corrected chi connectivity index (χ3v) is 4.21. The van der Waals surface area contributed by atoms with Gasteiger partial charge in [-0.15, -0.1) is 0 Å². The summed E-state index contributed by atoms with van der Waals surface area (Å²) in [6.45, 7) is 0. The van der Waals surface area contributed by atoms with Crippen molar-refractivity contribution in [2.45, 2.75) is 18.8 Å². The van der Waals surface area contributed by atoms with E-state index in [1.54, 1.807) is 24.3 Å². The van der Waals surface area contributed by atoms with Crippen molar-refractivity contribution in [1.82, 2.24) is 9.97 Å². The molecule has 1 saturated carbocycles. The van der Waals surface area contributed by atoms with Gasteiger partial charge in [-0.3, -0.25) is 0 Å². The van der Waals surface area contributed by atoms with E-state index in [9.17, 15) is 5.11 Å². The third kappa shape index (κ3) is 2.22. The average Bonchev–Trinajstić information content (AvgIpc) is 3.18. The van der Waals surface area contributed by atoms with Crippen LogP contribution in [0.25, 0.3) is 11.4 Å². The van der Waals surface area contributed by atoms with E-state index < -0.39 is 0 Å². The van der Waals surface area contributed by atoms with Crippen LogP contribution in [-0.4, -0.2) is 15.1 Å². The molecule has 18 heavy (non-hydrogen) atoms. The molecule has 1 fully saturated rings. The topological polar surface area (TPSA) is 46.0 Å². The lowest BCUT2D eigenvalue weighted by Crippen LogP contribution is -1.97. The first-order valence-corrected chi connectivity index (χ1v) is 6.84. The molecule has 92 valence electrons. The molecular weight excluding hydrogens is 316 g/mol.